The Balaban J connectivity index is 1.39. The molecule has 1 atom stereocenters. The Morgan fingerprint density at radius 2 is 1.95 bits per heavy atom. The summed E-state index contributed by atoms with van der Waals surface area (Å²) in [5.41, 5.74) is 1.44. The van der Waals surface area contributed by atoms with Crippen LogP contribution in [0.4, 0.5) is 0 Å². The zero-order valence-electron chi connectivity index (χ0n) is 12.4. The molecule has 1 aromatic rings. The van der Waals surface area contributed by atoms with E-state index in [-0.39, 0.29) is 11.9 Å². The van der Waals surface area contributed by atoms with Gasteiger partial charge in [-0.3, -0.25) is 0 Å². The van der Waals surface area contributed by atoms with Gasteiger partial charge in [-0.15, -0.1) is 0 Å². The van der Waals surface area contributed by atoms with Gasteiger partial charge in [-0.25, -0.2) is 0 Å². The molecule has 2 saturated heterocycles. The molecule has 0 saturated carbocycles. The SMILES string of the molecule is CC1COC2(CCN(CCCc3ccccc3)CC2)O1. The van der Waals surface area contributed by atoms with Crippen molar-refractivity contribution in [3.63, 3.8) is 0 Å². The predicted molar refractivity (Wildman–Crippen MR) is 79.7 cm³/mol. The van der Waals surface area contributed by atoms with Crippen molar-refractivity contribution in [2.75, 3.05) is 26.2 Å². The van der Waals surface area contributed by atoms with Crippen molar-refractivity contribution in [3.05, 3.63) is 35.9 Å². The van der Waals surface area contributed by atoms with E-state index in [1.165, 1.54) is 24.9 Å². The van der Waals surface area contributed by atoms with Crippen molar-refractivity contribution in [2.45, 2.75) is 44.5 Å². The highest BCUT2D eigenvalue weighted by molar-refractivity contribution is 5.14. The van der Waals surface area contributed by atoms with Crippen LogP contribution in [-0.2, 0) is 15.9 Å². The van der Waals surface area contributed by atoms with Crippen molar-refractivity contribution in [2.24, 2.45) is 0 Å². The predicted octanol–water partition coefficient (Wildman–Crippen LogP) is 2.85. The summed E-state index contributed by atoms with van der Waals surface area (Å²) in [7, 11) is 0. The fourth-order valence-corrected chi connectivity index (χ4v) is 3.23. The van der Waals surface area contributed by atoms with Crippen molar-refractivity contribution in [1.29, 1.82) is 0 Å². The smallest absolute Gasteiger partial charge is 0.171 e. The Kier molecular flexibility index (Phi) is 4.39. The lowest BCUT2D eigenvalue weighted by atomic mass is 10.0. The van der Waals surface area contributed by atoms with Gasteiger partial charge in [0.05, 0.1) is 12.7 Å². The van der Waals surface area contributed by atoms with Crippen molar-refractivity contribution in [1.82, 2.24) is 4.90 Å². The lowest BCUT2D eigenvalue weighted by molar-refractivity contribution is -0.193. The largest absolute Gasteiger partial charge is 0.347 e. The zero-order chi connectivity index (χ0) is 13.8. The molecular formula is C17H25NO2. The van der Waals surface area contributed by atoms with Crippen LogP contribution in [-0.4, -0.2) is 43.0 Å². The topological polar surface area (TPSA) is 21.7 Å². The summed E-state index contributed by atoms with van der Waals surface area (Å²) in [4.78, 5) is 2.55. The summed E-state index contributed by atoms with van der Waals surface area (Å²) in [6.45, 7) is 6.23. The van der Waals surface area contributed by atoms with Gasteiger partial charge >= 0.3 is 0 Å². The number of ether oxygens (including phenoxy) is 2. The van der Waals surface area contributed by atoms with E-state index in [9.17, 15) is 0 Å². The molecule has 2 aliphatic rings. The Morgan fingerprint density at radius 3 is 2.60 bits per heavy atom. The molecule has 0 radical (unpaired) electrons. The number of likely N-dealkylation sites (tertiary alicyclic amines) is 1. The second-order valence-electron chi connectivity index (χ2n) is 6.08. The van der Waals surface area contributed by atoms with Crippen LogP contribution in [0.25, 0.3) is 0 Å². The van der Waals surface area contributed by atoms with E-state index in [1.807, 2.05) is 0 Å². The number of hydrogen-bond acceptors (Lipinski definition) is 3. The third kappa shape index (κ3) is 3.40. The van der Waals surface area contributed by atoms with E-state index in [1.54, 1.807) is 0 Å². The van der Waals surface area contributed by atoms with Gasteiger partial charge in [0.2, 0.25) is 0 Å². The molecule has 2 fully saturated rings. The van der Waals surface area contributed by atoms with E-state index in [0.717, 1.165) is 32.5 Å². The number of piperidine rings is 1. The van der Waals surface area contributed by atoms with Crippen LogP contribution < -0.4 is 0 Å². The van der Waals surface area contributed by atoms with Crippen LogP contribution in [0, 0.1) is 0 Å². The highest BCUT2D eigenvalue weighted by Gasteiger charge is 2.42. The third-order valence-corrected chi connectivity index (χ3v) is 4.40. The van der Waals surface area contributed by atoms with Crippen molar-refractivity contribution in [3.8, 4) is 0 Å². The van der Waals surface area contributed by atoms with E-state index in [4.69, 9.17) is 9.47 Å². The normalized spacial score (nSPS) is 26.1. The first kappa shape index (κ1) is 14.1. The molecular weight excluding hydrogens is 250 g/mol. The number of hydrogen-bond donors (Lipinski definition) is 0. The molecule has 2 aliphatic heterocycles. The minimum Gasteiger partial charge on any atom is -0.347 e. The Bertz CT molecular complexity index is 412. The molecule has 1 spiro atoms. The lowest BCUT2D eigenvalue weighted by Gasteiger charge is -2.37. The number of nitrogens with zero attached hydrogens (tertiary/aromatic N) is 1. The molecule has 0 aromatic heterocycles. The first-order valence-electron chi connectivity index (χ1n) is 7.84. The molecule has 0 aliphatic carbocycles. The van der Waals surface area contributed by atoms with Crippen molar-refractivity contribution >= 4 is 0 Å². The maximum Gasteiger partial charge on any atom is 0.171 e. The molecule has 110 valence electrons. The van der Waals surface area contributed by atoms with Gasteiger partial charge in [-0.2, -0.15) is 0 Å². The Labute approximate surface area is 121 Å². The van der Waals surface area contributed by atoms with E-state index >= 15 is 0 Å². The highest BCUT2D eigenvalue weighted by atomic mass is 16.7. The summed E-state index contributed by atoms with van der Waals surface area (Å²) in [6, 6.07) is 10.8. The van der Waals surface area contributed by atoms with Gasteiger partial charge in [0.15, 0.2) is 5.79 Å². The lowest BCUT2D eigenvalue weighted by Crippen LogP contribution is -2.45. The monoisotopic (exact) mass is 275 g/mol. The summed E-state index contributed by atoms with van der Waals surface area (Å²) in [5.74, 6) is -0.255. The van der Waals surface area contributed by atoms with E-state index < -0.39 is 0 Å². The van der Waals surface area contributed by atoms with Crippen LogP contribution in [0.2, 0.25) is 0 Å². The quantitative estimate of drug-likeness (QED) is 0.843. The van der Waals surface area contributed by atoms with Gasteiger partial charge in [0.1, 0.15) is 0 Å². The summed E-state index contributed by atoms with van der Waals surface area (Å²) in [6.07, 6.45) is 4.70. The molecule has 0 bridgehead atoms. The minimum atomic E-state index is -0.255. The molecule has 0 amide bonds. The van der Waals surface area contributed by atoms with Gasteiger partial charge < -0.3 is 14.4 Å². The van der Waals surface area contributed by atoms with Gasteiger partial charge in [0, 0.05) is 25.9 Å². The summed E-state index contributed by atoms with van der Waals surface area (Å²) in [5, 5.41) is 0. The molecule has 1 unspecified atom stereocenters. The second kappa shape index (κ2) is 6.25. The van der Waals surface area contributed by atoms with E-state index in [2.05, 4.69) is 42.2 Å². The minimum absolute atomic E-state index is 0.255. The molecule has 3 rings (SSSR count). The first-order chi connectivity index (χ1) is 9.76. The number of rotatable bonds is 4. The van der Waals surface area contributed by atoms with Crippen LogP contribution >= 0.6 is 0 Å². The summed E-state index contributed by atoms with van der Waals surface area (Å²) < 4.78 is 11.8. The Morgan fingerprint density at radius 1 is 1.20 bits per heavy atom. The highest BCUT2D eigenvalue weighted by Crippen LogP contribution is 2.33. The molecule has 1 aromatic carbocycles. The fourth-order valence-electron chi connectivity index (χ4n) is 3.23. The second-order valence-corrected chi connectivity index (χ2v) is 6.08. The van der Waals surface area contributed by atoms with Crippen LogP contribution in [0.3, 0.4) is 0 Å². The molecule has 3 heteroatoms. The average molecular weight is 275 g/mol. The van der Waals surface area contributed by atoms with Crippen LogP contribution in [0.1, 0.15) is 31.7 Å². The standard InChI is InChI=1S/C17H25NO2/c1-15-14-19-17(20-15)9-12-18(13-10-17)11-5-8-16-6-3-2-4-7-16/h2-4,6-7,15H,5,8-14H2,1H3. The zero-order valence-corrected chi connectivity index (χ0v) is 12.4. The Hall–Kier alpha value is -0.900. The first-order valence-corrected chi connectivity index (χ1v) is 7.84. The third-order valence-electron chi connectivity index (χ3n) is 4.40. The number of benzene rings is 1. The maximum atomic E-state index is 5.96. The van der Waals surface area contributed by atoms with Crippen LogP contribution in [0.15, 0.2) is 30.3 Å². The molecule has 0 N–H and O–H groups in total. The number of aryl methyl sites for hydroxylation is 1. The summed E-state index contributed by atoms with van der Waals surface area (Å²) >= 11 is 0. The molecule has 2 heterocycles. The van der Waals surface area contributed by atoms with Gasteiger partial charge in [-0.1, -0.05) is 30.3 Å². The van der Waals surface area contributed by atoms with Crippen LogP contribution in [0.5, 0.6) is 0 Å². The van der Waals surface area contributed by atoms with Gasteiger partial charge in [0.25, 0.3) is 0 Å². The molecule has 20 heavy (non-hydrogen) atoms. The van der Waals surface area contributed by atoms with Crippen molar-refractivity contribution < 1.29 is 9.47 Å². The van der Waals surface area contributed by atoms with E-state index in [0.29, 0.717) is 0 Å². The average Bonchev–Trinajstić information content (AvgIpc) is 2.84. The fraction of sp³-hybridized carbons (Fsp3) is 0.647. The van der Waals surface area contributed by atoms with Gasteiger partial charge in [-0.05, 0) is 31.9 Å². The maximum absolute atomic E-state index is 5.96. The molecule has 3 nitrogen and oxygen atoms in total.